The van der Waals surface area contributed by atoms with Crippen molar-refractivity contribution in [3.05, 3.63) is 61.4 Å². The van der Waals surface area contributed by atoms with Gasteiger partial charge in [-0.15, -0.1) is 0 Å². The molecule has 0 amide bonds. The predicted octanol–water partition coefficient (Wildman–Crippen LogP) is 0.638. The van der Waals surface area contributed by atoms with E-state index in [1.165, 1.54) is 30.5 Å². The summed E-state index contributed by atoms with van der Waals surface area (Å²) >= 11 is 0. The summed E-state index contributed by atoms with van der Waals surface area (Å²) in [6.45, 7) is 0. The van der Waals surface area contributed by atoms with Crippen LogP contribution in [0.2, 0.25) is 0 Å². The van der Waals surface area contributed by atoms with Crippen molar-refractivity contribution in [2.45, 2.75) is 0 Å². The first-order valence-electron chi connectivity index (χ1n) is 4.65. The van der Waals surface area contributed by atoms with Gasteiger partial charge < -0.3 is 4.98 Å². The molecule has 0 fully saturated rings. The highest BCUT2D eigenvalue weighted by Crippen LogP contribution is 2.18. The van der Waals surface area contributed by atoms with Crippen LogP contribution in [0.1, 0.15) is 0 Å². The minimum Gasteiger partial charge on any atom is -0.313 e. The van der Waals surface area contributed by atoms with Gasteiger partial charge in [-0.2, -0.15) is 0 Å². The number of hydrogen-bond donors (Lipinski definition) is 2. The summed E-state index contributed by atoms with van der Waals surface area (Å²) in [5.41, 5.74) is -0.453. The summed E-state index contributed by atoms with van der Waals surface area (Å²) in [5, 5.41) is 10.5. The van der Waals surface area contributed by atoms with E-state index >= 15 is 0 Å². The van der Waals surface area contributed by atoms with Crippen LogP contribution in [-0.4, -0.2) is 14.9 Å². The van der Waals surface area contributed by atoms with Crippen LogP contribution >= 0.6 is 0 Å². The molecule has 86 valence electrons. The van der Waals surface area contributed by atoms with Gasteiger partial charge in [0.1, 0.15) is 0 Å². The highest BCUT2D eigenvalue weighted by Gasteiger charge is 2.07. The van der Waals surface area contributed by atoms with Gasteiger partial charge in [-0.3, -0.25) is 19.9 Å². The average Bonchev–Trinajstić information content (AvgIpc) is 2.29. The number of nitro benzene ring substituents is 1. The SMILES string of the molecule is O=c1[nH]cc(-c2ccc([N+](=O)[O-])cc2)c(=O)[nH]1. The first-order chi connectivity index (χ1) is 8.08. The second-order valence-corrected chi connectivity index (χ2v) is 3.29. The lowest BCUT2D eigenvalue weighted by atomic mass is 10.1. The maximum Gasteiger partial charge on any atom is 0.325 e. The number of nitro groups is 1. The number of rotatable bonds is 2. The lowest BCUT2D eigenvalue weighted by Crippen LogP contribution is -2.22. The molecular formula is C10H7N3O4. The van der Waals surface area contributed by atoms with Gasteiger partial charge in [-0.1, -0.05) is 0 Å². The molecule has 0 aliphatic carbocycles. The third-order valence-electron chi connectivity index (χ3n) is 2.21. The first-order valence-corrected chi connectivity index (χ1v) is 4.65. The fraction of sp³-hybridized carbons (Fsp3) is 0. The Labute approximate surface area is 93.9 Å². The van der Waals surface area contributed by atoms with Crippen molar-refractivity contribution in [1.82, 2.24) is 9.97 Å². The molecule has 2 rings (SSSR count). The minimum atomic E-state index is -0.597. The first kappa shape index (κ1) is 10.8. The molecule has 1 aromatic heterocycles. The Balaban J connectivity index is 2.50. The standard InChI is InChI=1S/C10H7N3O4/c14-9-8(5-11-10(15)12-9)6-1-3-7(4-2-6)13(16)17/h1-5H,(H2,11,12,14,15). The Bertz CT molecular complexity index is 669. The summed E-state index contributed by atoms with van der Waals surface area (Å²) in [5.74, 6) is 0. The van der Waals surface area contributed by atoms with E-state index in [1.54, 1.807) is 0 Å². The monoisotopic (exact) mass is 233 g/mol. The number of aromatic nitrogens is 2. The van der Waals surface area contributed by atoms with Crippen molar-refractivity contribution in [3.63, 3.8) is 0 Å². The van der Waals surface area contributed by atoms with Gasteiger partial charge in [0.15, 0.2) is 0 Å². The van der Waals surface area contributed by atoms with Gasteiger partial charge in [-0.05, 0) is 17.7 Å². The van der Waals surface area contributed by atoms with E-state index in [0.29, 0.717) is 5.56 Å². The van der Waals surface area contributed by atoms with Crippen LogP contribution in [0.25, 0.3) is 11.1 Å². The number of nitrogens with one attached hydrogen (secondary N) is 2. The molecule has 7 nitrogen and oxygen atoms in total. The fourth-order valence-electron chi connectivity index (χ4n) is 1.39. The van der Waals surface area contributed by atoms with Crippen molar-refractivity contribution in [2.75, 3.05) is 0 Å². The molecule has 0 aliphatic heterocycles. The Morgan fingerprint density at radius 2 is 1.76 bits per heavy atom. The topological polar surface area (TPSA) is 109 Å². The zero-order chi connectivity index (χ0) is 12.4. The molecule has 1 heterocycles. The molecule has 2 N–H and O–H groups in total. The molecule has 0 unspecified atom stereocenters. The quantitative estimate of drug-likeness (QED) is 0.585. The van der Waals surface area contributed by atoms with Gasteiger partial charge >= 0.3 is 5.69 Å². The highest BCUT2D eigenvalue weighted by molar-refractivity contribution is 5.62. The molecule has 0 bridgehead atoms. The average molecular weight is 233 g/mol. The van der Waals surface area contributed by atoms with Gasteiger partial charge in [-0.25, -0.2) is 4.79 Å². The van der Waals surface area contributed by atoms with Crippen molar-refractivity contribution < 1.29 is 4.92 Å². The van der Waals surface area contributed by atoms with Gasteiger partial charge in [0.2, 0.25) is 0 Å². The maximum atomic E-state index is 11.4. The van der Waals surface area contributed by atoms with E-state index < -0.39 is 16.2 Å². The lowest BCUT2D eigenvalue weighted by Gasteiger charge is -1.98. The third kappa shape index (κ3) is 2.12. The predicted molar refractivity (Wildman–Crippen MR) is 59.8 cm³/mol. The molecule has 0 spiro atoms. The Morgan fingerprint density at radius 1 is 1.12 bits per heavy atom. The molecule has 0 aliphatic rings. The van der Waals surface area contributed by atoms with Crippen LogP contribution in [-0.2, 0) is 0 Å². The molecule has 0 radical (unpaired) electrons. The normalized spacial score (nSPS) is 10.1. The van der Waals surface area contributed by atoms with E-state index in [4.69, 9.17) is 0 Å². The fourth-order valence-corrected chi connectivity index (χ4v) is 1.39. The largest absolute Gasteiger partial charge is 0.325 e. The maximum absolute atomic E-state index is 11.4. The number of nitrogens with zero attached hydrogens (tertiary/aromatic N) is 1. The zero-order valence-corrected chi connectivity index (χ0v) is 8.47. The van der Waals surface area contributed by atoms with Crippen LogP contribution in [0.3, 0.4) is 0 Å². The van der Waals surface area contributed by atoms with Crippen LogP contribution < -0.4 is 11.2 Å². The highest BCUT2D eigenvalue weighted by atomic mass is 16.6. The number of hydrogen-bond acceptors (Lipinski definition) is 4. The van der Waals surface area contributed by atoms with E-state index in [0.717, 1.165) is 0 Å². The molecule has 7 heteroatoms. The molecule has 1 aromatic carbocycles. The summed E-state index contributed by atoms with van der Waals surface area (Å²) in [7, 11) is 0. The molecule has 0 atom stereocenters. The van der Waals surface area contributed by atoms with E-state index in [9.17, 15) is 19.7 Å². The van der Waals surface area contributed by atoms with Crippen molar-refractivity contribution >= 4 is 5.69 Å². The van der Waals surface area contributed by atoms with E-state index in [-0.39, 0.29) is 11.3 Å². The summed E-state index contributed by atoms with van der Waals surface area (Å²) < 4.78 is 0. The lowest BCUT2D eigenvalue weighted by molar-refractivity contribution is -0.384. The zero-order valence-electron chi connectivity index (χ0n) is 8.47. The van der Waals surface area contributed by atoms with Gasteiger partial charge in [0.25, 0.3) is 11.2 Å². The number of H-pyrrole nitrogens is 2. The smallest absolute Gasteiger partial charge is 0.313 e. The second kappa shape index (κ2) is 4.05. The van der Waals surface area contributed by atoms with Crippen LogP contribution in [0.4, 0.5) is 5.69 Å². The summed E-state index contributed by atoms with van der Waals surface area (Å²) in [6, 6.07) is 5.47. The van der Waals surface area contributed by atoms with E-state index in [2.05, 4.69) is 9.97 Å². The van der Waals surface area contributed by atoms with Crippen molar-refractivity contribution in [2.24, 2.45) is 0 Å². The number of non-ortho nitro benzene ring substituents is 1. The van der Waals surface area contributed by atoms with E-state index in [1.807, 2.05) is 0 Å². The third-order valence-corrected chi connectivity index (χ3v) is 2.21. The molecule has 2 aromatic rings. The minimum absolute atomic E-state index is 0.0606. The van der Waals surface area contributed by atoms with Crippen molar-refractivity contribution in [1.29, 1.82) is 0 Å². The molecule has 0 saturated carbocycles. The second-order valence-electron chi connectivity index (χ2n) is 3.29. The van der Waals surface area contributed by atoms with Gasteiger partial charge in [0, 0.05) is 18.3 Å². The Kier molecular flexibility index (Phi) is 2.57. The van der Waals surface area contributed by atoms with Crippen molar-refractivity contribution in [3.8, 4) is 11.1 Å². The van der Waals surface area contributed by atoms with Crippen LogP contribution in [0.5, 0.6) is 0 Å². The summed E-state index contributed by atoms with van der Waals surface area (Å²) in [4.78, 5) is 36.6. The Hall–Kier alpha value is -2.70. The number of aromatic amines is 2. The van der Waals surface area contributed by atoms with Crippen LogP contribution in [0.15, 0.2) is 40.1 Å². The van der Waals surface area contributed by atoms with Crippen LogP contribution in [0, 0.1) is 10.1 Å². The molecule has 17 heavy (non-hydrogen) atoms. The number of benzene rings is 1. The van der Waals surface area contributed by atoms with Gasteiger partial charge in [0.05, 0.1) is 10.5 Å². The summed E-state index contributed by atoms with van der Waals surface area (Å²) in [6.07, 6.45) is 1.27. The Morgan fingerprint density at radius 3 is 2.29 bits per heavy atom. The molecular weight excluding hydrogens is 226 g/mol. The molecule has 0 saturated heterocycles.